The lowest BCUT2D eigenvalue weighted by molar-refractivity contribution is -0.137. The molecule has 0 spiro atoms. The Morgan fingerprint density at radius 3 is 2.46 bits per heavy atom. The number of anilines is 1. The fourth-order valence-corrected chi connectivity index (χ4v) is 3.38. The molecule has 0 fully saturated rings. The highest BCUT2D eigenvalue weighted by molar-refractivity contribution is 7.92. The second kappa shape index (κ2) is 7.99. The highest BCUT2D eigenvalue weighted by atomic mass is 32.2. The monoisotopic (exact) mass is 387 g/mol. The van der Waals surface area contributed by atoms with Gasteiger partial charge in [-0.05, 0) is 55.3 Å². The molecule has 142 valence electrons. The molecular weight excluding hydrogens is 367 g/mol. The molecule has 0 saturated heterocycles. The van der Waals surface area contributed by atoms with Gasteiger partial charge < -0.3 is 4.74 Å². The molecule has 0 aliphatic heterocycles. The number of halogens is 3. The van der Waals surface area contributed by atoms with Crippen LogP contribution in [0.3, 0.4) is 0 Å². The molecule has 4 nitrogen and oxygen atoms in total. The Morgan fingerprint density at radius 1 is 1.12 bits per heavy atom. The molecule has 0 unspecified atom stereocenters. The average molecular weight is 387 g/mol. The molecule has 8 heteroatoms. The summed E-state index contributed by atoms with van der Waals surface area (Å²) in [6.45, 7) is 4.28. The third-order valence-corrected chi connectivity index (χ3v) is 5.03. The predicted molar refractivity (Wildman–Crippen MR) is 93.8 cm³/mol. The number of rotatable bonds is 7. The summed E-state index contributed by atoms with van der Waals surface area (Å²) in [5.74, 6) is 0.580. The number of unbranched alkanes of at least 4 members (excludes halogenated alkanes) is 1. The van der Waals surface area contributed by atoms with Crippen molar-refractivity contribution >= 4 is 15.7 Å². The largest absolute Gasteiger partial charge is 0.493 e. The van der Waals surface area contributed by atoms with Gasteiger partial charge in [0.1, 0.15) is 5.75 Å². The average Bonchev–Trinajstić information content (AvgIpc) is 2.55. The lowest BCUT2D eigenvalue weighted by Gasteiger charge is -2.13. The number of aryl methyl sites for hydroxylation is 1. The van der Waals surface area contributed by atoms with Crippen molar-refractivity contribution in [2.24, 2.45) is 0 Å². The van der Waals surface area contributed by atoms with Crippen molar-refractivity contribution < 1.29 is 26.3 Å². The van der Waals surface area contributed by atoms with Crippen molar-refractivity contribution in [2.75, 3.05) is 11.3 Å². The van der Waals surface area contributed by atoms with E-state index in [0.29, 0.717) is 17.9 Å². The van der Waals surface area contributed by atoms with Crippen LogP contribution >= 0.6 is 0 Å². The van der Waals surface area contributed by atoms with Crippen LogP contribution in [0.1, 0.15) is 30.9 Å². The molecule has 1 N–H and O–H groups in total. The number of sulfonamides is 1. The van der Waals surface area contributed by atoms with E-state index in [2.05, 4.69) is 4.72 Å². The van der Waals surface area contributed by atoms with E-state index in [0.717, 1.165) is 31.0 Å². The van der Waals surface area contributed by atoms with E-state index in [9.17, 15) is 21.6 Å². The molecule has 0 amide bonds. The first-order valence-electron chi connectivity index (χ1n) is 8.07. The van der Waals surface area contributed by atoms with E-state index in [4.69, 9.17) is 4.74 Å². The minimum atomic E-state index is -4.55. The number of hydrogen-bond acceptors (Lipinski definition) is 3. The molecule has 2 rings (SSSR count). The number of hydrogen-bond donors (Lipinski definition) is 1. The van der Waals surface area contributed by atoms with Crippen LogP contribution in [0.5, 0.6) is 5.75 Å². The van der Waals surface area contributed by atoms with Gasteiger partial charge in [0.25, 0.3) is 10.0 Å². The van der Waals surface area contributed by atoms with Crippen molar-refractivity contribution in [2.45, 2.75) is 37.8 Å². The van der Waals surface area contributed by atoms with Gasteiger partial charge >= 0.3 is 6.18 Å². The summed E-state index contributed by atoms with van der Waals surface area (Å²) in [5, 5.41) is 0. The van der Waals surface area contributed by atoms with Crippen LogP contribution in [0.15, 0.2) is 47.4 Å². The Bertz CT molecular complexity index is 864. The minimum absolute atomic E-state index is 0.0461. The molecule has 2 aromatic rings. The first-order valence-corrected chi connectivity index (χ1v) is 9.55. The van der Waals surface area contributed by atoms with E-state index >= 15 is 0 Å². The molecule has 0 radical (unpaired) electrons. The van der Waals surface area contributed by atoms with Gasteiger partial charge in [0.05, 0.1) is 17.1 Å². The normalized spacial score (nSPS) is 12.0. The van der Waals surface area contributed by atoms with Gasteiger partial charge in [-0.15, -0.1) is 0 Å². The van der Waals surface area contributed by atoms with Crippen LogP contribution in [0.25, 0.3) is 0 Å². The molecule has 0 aliphatic rings. The van der Waals surface area contributed by atoms with Crippen LogP contribution < -0.4 is 9.46 Å². The van der Waals surface area contributed by atoms with Crippen molar-refractivity contribution in [1.29, 1.82) is 0 Å². The Morgan fingerprint density at radius 2 is 1.85 bits per heavy atom. The zero-order chi connectivity index (χ0) is 19.4. The van der Waals surface area contributed by atoms with E-state index in [1.165, 1.54) is 18.2 Å². The summed E-state index contributed by atoms with van der Waals surface area (Å²) >= 11 is 0. The topological polar surface area (TPSA) is 55.4 Å². The number of benzene rings is 2. The lowest BCUT2D eigenvalue weighted by atomic mass is 10.2. The summed E-state index contributed by atoms with van der Waals surface area (Å²) in [7, 11) is -4.01. The molecule has 2 aromatic carbocycles. The molecule has 26 heavy (non-hydrogen) atoms. The van der Waals surface area contributed by atoms with Gasteiger partial charge in [-0.3, -0.25) is 4.72 Å². The molecule has 0 aliphatic carbocycles. The van der Waals surface area contributed by atoms with Gasteiger partial charge in [-0.1, -0.05) is 19.4 Å². The zero-order valence-corrected chi connectivity index (χ0v) is 15.2. The Hall–Kier alpha value is -2.22. The van der Waals surface area contributed by atoms with E-state index in [1.807, 2.05) is 6.92 Å². The summed E-state index contributed by atoms with van der Waals surface area (Å²) < 4.78 is 70.9. The quantitative estimate of drug-likeness (QED) is 0.681. The first-order chi connectivity index (χ1) is 12.1. The maximum atomic E-state index is 12.8. The fourth-order valence-electron chi connectivity index (χ4n) is 2.25. The maximum Gasteiger partial charge on any atom is 0.416 e. The highest BCUT2D eigenvalue weighted by Gasteiger charge is 2.30. The minimum Gasteiger partial charge on any atom is -0.493 e. The predicted octanol–water partition coefficient (Wildman–Crippen LogP) is 4.99. The standard InChI is InChI=1S/C18H20F3NO3S/c1-3-4-10-25-17-9-8-16(11-13(17)2)26(23,24)22-15-7-5-6-14(12-15)18(19,20)21/h5-9,11-12,22H,3-4,10H2,1-2H3. The number of ether oxygens (including phenoxy) is 1. The lowest BCUT2D eigenvalue weighted by Crippen LogP contribution is -2.14. The number of alkyl halides is 3. The van der Waals surface area contributed by atoms with E-state index < -0.39 is 21.8 Å². The highest BCUT2D eigenvalue weighted by Crippen LogP contribution is 2.31. The van der Waals surface area contributed by atoms with Crippen LogP contribution in [0.4, 0.5) is 18.9 Å². The SMILES string of the molecule is CCCCOc1ccc(S(=O)(=O)Nc2cccc(C(F)(F)F)c2)cc1C. The summed E-state index contributed by atoms with van der Waals surface area (Å²) in [6.07, 6.45) is -2.68. The zero-order valence-electron chi connectivity index (χ0n) is 14.4. The molecular formula is C18H20F3NO3S. The molecule has 0 atom stereocenters. The molecule has 0 aromatic heterocycles. The van der Waals surface area contributed by atoms with Gasteiger partial charge in [0, 0.05) is 5.69 Å². The summed E-state index contributed by atoms with van der Waals surface area (Å²) in [4.78, 5) is -0.0461. The van der Waals surface area contributed by atoms with E-state index in [-0.39, 0.29) is 10.6 Å². The van der Waals surface area contributed by atoms with Crippen molar-refractivity contribution in [3.05, 3.63) is 53.6 Å². The van der Waals surface area contributed by atoms with Crippen LogP contribution in [0.2, 0.25) is 0 Å². The first kappa shape index (κ1) is 20.1. The van der Waals surface area contributed by atoms with Crippen molar-refractivity contribution in [3.8, 4) is 5.75 Å². The third kappa shape index (κ3) is 5.14. The summed E-state index contributed by atoms with van der Waals surface area (Å²) in [6, 6.07) is 8.39. The molecule has 0 saturated carbocycles. The van der Waals surface area contributed by atoms with E-state index in [1.54, 1.807) is 13.0 Å². The van der Waals surface area contributed by atoms with Gasteiger partial charge in [0.15, 0.2) is 0 Å². The van der Waals surface area contributed by atoms with Crippen LogP contribution in [0, 0.1) is 6.92 Å². The van der Waals surface area contributed by atoms with Crippen LogP contribution in [-0.2, 0) is 16.2 Å². The Balaban J connectivity index is 2.21. The Kier molecular flexibility index (Phi) is 6.17. The second-order valence-electron chi connectivity index (χ2n) is 5.81. The van der Waals surface area contributed by atoms with Crippen LogP contribution in [-0.4, -0.2) is 15.0 Å². The van der Waals surface area contributed by atoms with Crippen molar-refractivity contribution in [1.82, 2.24) is 0 Å². The van der Waals surface area contributed by atoms with Gasteiger partial charge in [0.2, 0.25) is 0 Å². The molecule has 0 heterocycles. The van der Waals surface area contributed by atoms with Crippen molar-refractivity contribution in [3.63, 3.8) is 0 Å². The Labute approximate surface area is 151 Å². The van der Waals surface area contributed by atoms with Gasteiger partial charge in [-0.25, -0.2) is 8.42 Å². The van der Waals surface area contributed by atoms with Gasteiger partial charge in [-0.2, -0.15) is 13.2 Å². The number of nitrogens with one attached hydrogen (secondary N) is 1. The smallest absolute Gasteiger partial charge is 0.416 e. The fraction of sp³-hybridized carbons (Fsp3) is 0.333. The molecule has 0 bridgehead atoms. The second-order valence-corrected chi connectivity index (χ2v) is 7.50. The third-order valence-electron chi connectivity index (χ3n) is 3.65. The summed E-state index contributed by atoms with van der Waals surface area (Å²) in [5.41, 5.74) is -0.442. The maximum absolute atomic E-state index is 12.8.